The zero-order valence-electron chi connectivity index (χ0n) is 12.8. The minimum atomic E-state index is 0.0158. The Morgan fingerprint density at radius 2 is 2.32 bits per heavy atom. The van der Waals surface area contributed by atoms with Crippen LogP contribution < -0.4 is 0 Å². The maximum absolute atomic E-state index is 6.28. The summed E-state index contributed by atoms with van der Waals surface area (Å²) in [6, 6.07) is 6.56. The summed E-state index contributed by atoms with van der Waals surface area (Å²) in [5.41, 5.74) is 1.16. The van der Waals surface area contributed by atoms with E-state index in [1.807, 2.05) is 31.0 Å². The lowest BCUT2D eigenvalue weighted by Crippen LogP contribution is -2.47. The van der Waals surface area contributed by atoms with Crippen molar-refractivity contribution in [1.82, 2.24) is 19.4 Å². The summed E-state index contributed by atoms with van der Waals surface area (Å²) < 4.78 is 8.46. The van der Waals surface area contributed by atoms with Crippen molar-refractivity contribution in [2.24, 2.45) is 0 Å². The molecule has 22 heavy (non-hydrogen) atoms. The van der Waals surface area contributed by atoms with E-state index in [-0.39, 0.29) is 5.60 Å². The Labute approximate surface area is 130 Å². The SMILES string of the molecule is c1ccc(CN2CCC[C@]3(C[C@H](n4ccnc4)CO3)C2)nc1. The van der Waals surface area contributed by atoms with Gasteiger partial charge in [0.2, 0.25) is 0 Å². The molecule has 5 heteroatoms. The number of ether oxygens (including phenoxy) is 1. The molecular formula is C17H22N4O. The highest BCUT2D eigenvalue weighted by atomic mass is 16.5. The summed E-state index contributed by atoms with van der Waals surface area (Å²) in [4.78, 5) is 11.1. The molecule has 2 fully saturated rings. The van der Waals surface area contributed by atoms with E-state index in [9.17, 15) is 0 Å². The van der Waals surface area contributed by atoms with Crippen molar-refractivity contribution in [1.29, 1.82) is 0 Å². The molecule has 116 valence electrons. The maximum atomic E-state index is 6.28. The van der Waals surface area contributed by atoms with E-state index < -0.39 is 0 Å². The number of piperidine rings is 1. The Kier molecular flexibility index (Phi) is 3.68. The molecular weight excluding hydrogens is 276 g/mol. The Morgan fingerprint density at radius 3 is 3.14 bits per heavy atom. The van der Waals surface area contributed by atoms with Crippen molar-refractivity contribution in [2.75, 3.05) is 19.7 Å². The molecule has 4 rings (SSSR count). The van der Waals surface area contributed by atoms with Crippen molar-refractivity contribution in [3.8, 4) is 0 Å². The smallest absolute Gasteiger partial charge is 0.0949 e. The second-order valence-electron chi connectivity index (χ2n) is 6.50. The number of likely N-dealkylation sites (tertiary alicyclic amines) is 1. The normalized spacial score (nSPS) is 29.2. The summed E-state index contributed by atoms with van der Waals surface area (Å²) in [5.74, 6) is 0. The summed E-state index contributed by atoms with van der Waals surface area (Å²) in [7, 11) is 0. The summed E-state index contributed by atoms with van der Waals surface area (Å²) in [5, 5.41) is 0. The molecule has 0 aromatic carbocycles. The third kappa shape index (κ3) is 2.78. The van der Waals surface area contributed by atoms with Crippen LogP contribution in [-0.2, 0) is 11.3 Å². The molecule has 2 atom stereocenters. The molecule has 0 radical (unpaired) electrons. The second kappa shape index (κ2) is 5.82. The Morgan fingerprint density at radius 1 is 1.32 bits per heavy atom. The van der Waals surface area contributed by atoms with Crippen LogP contribution in [0.15, 0.2) is 43.1 Å². The molecule has 2 aliphatic heterocycles. The molecule has 0 bridgehead atoms. The van der Waals surface area contributed by atoms with E-state index in [2.05, 4.69) is 31.6 Å². The molecule has 0 aliphatic carbocycles. The molecule has 4 heterocycles. The van der Waals surface area contributed by atoms with Crippen LogP contribution in [0, 0.1) is 0 Å². The minimum absolute atomic E-state index is 0.0158. The van der Waals surface area contributed by atoms with Crippen molar-refractivity contribution < 1.29 is 4.74 Å². The number of imidazole rings is 1. The largest absolute Gasteiger partial charge is 0.371 e. The lowest BCUT2D eigenvalue weighted by Gasteiger charge is -2.39. The lowest BCUT2D eigenvalue weighted by molar-refractivity contribution is -0.0537. The second-order valence-corrected chi connectivity index (χ2v) is 6.50. The molecule has 0 N–H and O–H groups in total. The fraction of sp³-hybridized carbons (Fsp3) is 0.529. The summed E-state index contributed by atoms with van der Waals surface area (Å²) >= 11 is 0. The van der Waals surface area contributed by atoms with Crippen molar-refractivity contribution in [3.63, 3.8) is 0 Å². The van der Waals surface area contributed by atoms with Crippen LogP contribution in [-0.4, -0.2) is 44.7 Å². The van der Waals surface area contributed by atoms with Gasteiger partial charge in [0.1, 0.15) is 0 Å². The van der Waals surface area contributed by atoms with Gasteiger partial charge in [-0.05, 0) is 31.5 Å². The highest BCUT2D eigenvalue weighted by Gasteiger charge is 2.43. The van der Waals surface area contributed by atoms with E-state index >= 15 is 0 Å². The highest BCUT2D eigenvalue weighted by molar-refractivity contribution is 5.05. The van der Waals surface area contributed by atoms with E-state index in [1.165, 1.54) is 6.42 Å². The van der Waals surface area contributed by atoms with Gasteiger partial charge >= 0.3 is 0 Å². The minimum Gasteiger partial charge on any atom is -0.371 e. The van der Waals surface area contributed by atoms with E-state index in [0.717, 1.165) is 44.8 Å². The zero-order chi connectivity index (χ0) is 14.8. The molecule has 0 unspecified atom stereocenters. The van der Waals surface area contributed by atoms with Gasteiger partial charge in [-0.25, -0.2) is 4.98 Å². The van der Waals surface area contributed by atoms with Crippen LogP contribution in [0.25, 0.3) is 0 Å². The first-order valence-electron chi connectivity index (χ1n) is 8.07. The van der Waals surface area contributed by atoms with E-state index in [4.69, 9.17) is 4.74 Å². The van der Waals surface area contributed by atoms with Crippen LogP contribution in [0.2, 0.25) is 0 Å². The first kappa shape index (κ1) is 13.9. The van der Waals surface area contributed by atoms with Gasteiger partial charge in [-0.1, -0.05) is 6.07 Å². The van der Waals surface area contributed by atoms with Gasteiger partial charge < -0.3 is 9.30 Å². The van der Waals surface area contributed by atoms with Crippen LogP contribution in [0.4, 0.5) is 0 Å². The maximum Gasteiger partial charge on any atom is 0.0949 e. The third-order valence-electron chi connectivity index (χ3n) is 4.87. The highest BCUT2D eigenvalue weighted by Crippen LogP contribution is 2.39. The molecule has 2 aromatic rings. The molecule has 1 spiro atoms. The quantitative estimate of drug-likeness (QED) is 0.872. The third-order valence-corrected chi connectivity index (χ3v) is 4.87. The van der Waals surface area contributed by atoms with Crippen molar-refractivity contribution in [3.05, 3.63) is 48.8 Å². The summed E-state index contributed by atoms with van der Waals surface area (Å²) in [6.07, 6.45) is 11.1. The first-order chi connectivity index (χ1) is 10.8. The monoisotopic (exact) mass is 298 g/mol. The van der Waals surface area contributed by atoms with Gasteiger partial charge in [0, 0.05) is 38.1 Å². The van der Waals surface area contributed by atoms with Gasteiger partial charge in [0.25, 0.3) is 0 Å². The lowest BCUT2D eigenvalue weighted by atomic mass is 9.88. The molecule has 2 aliphatic rings. The predicted octanol–water partition coefficient (Wildman–Crippen LogP) is 2.27. The Bertz CT molecular complexity index is 600. The average Bonchev–Trinajstić information content (AvgIpc) is 3.19. The molecule has 2 saturated heterocycles. The standard InChI is InChI=1S/C17H22N4O/c1-2-6-19-15(4-1)11-20-8-3-5-17(13-20)10-16(12-22-17)21-9-7-18-14-21/h1-2,4,6-7,9,14,16H,3,5,8,10-13H2/t16-,17-/m0/s1. The molecule has 5 nitrogen and oxygen atoms in total. The van der Waals surface area contributed by atoms with E-state index in [0.29, 0.717) is 6.04 Å². The average molecular weight is 298 g/mol. The predicted molar refractivity (Wildman–Crippen MR) is 83.3 cm³/mol. The summed E-state index contributed by atoms with van der Waals surface area (Å²) in [6.45, 7) is 3.86. The molecule has 0 saturated carbocycles. The van der Waals surface area contributed by atoms with Crippen LogP contribution in [0.1, 0.15) is 31.0 Å². The zero-order valence-corrected chi connectivity index (χ0v) is 12.8. The van der Waals surface area contributed by atoms with Gasteiger partial charge in [-0.15, -0.1) is 0 Å². The van der Waals surface area contributed by atoms with Crippen LogP contribution in [0.5, 0.6) is 0 Å². The number of hydrogen-bond acceptors (Lipinski definition) is 4. The number of rotatable bonds is 3. The molecule has 0 amide bonds. The Hall–Kier alpha value is -1.72. The van der Waals surface area contributed by atoms with Crippen LogP contribution in [0.3, 0.4) is 0 Å². The number of hydrogen-bond donors (Lipinski definition) is 0. The number of aromatic nitrogens is 3. The fourth-order valence-corrected chi connectivity index (χ4v) is 3.83. The molecule has 2 aromatic heterocycles. The number of pyridine rings is 1. The van der Waals surface area contributed by atoms with Crippen molar-refractivity contribution >= 4 is 0 Å². The first-order valence-corrected chi connectivity index (χ1v) is 8.07. The van der Waals surface area contributed by atoms with Gasteiger partial charge in [0.15, 0.2) is 0 Å². The van der Waals surface area contributed by atoms with E-state index in [1.54, 1.807) is 0 Å². The number of nitrogens with zero attached hydrogens (tertiary/aromatic N) is 4. The fourth-order valence-electron chi connectivity index (χ4n) is 3.83. The van der Waals surface area contributed by atoms with Crippen LogP contribution >= 0.6 is 0 Å². The topological polar surface area (TPSA) is 43.2 Å². The van der Waals surface area contributed by atoms with Crippen molar-refractivity contribution in [2.45, 2.75) is 37.5 Å². The van der Waals surface area contributed by atoms with Gasteiger partial charge in [-0.2, -0.15) is 0 Å². The van der Waals surface area contributed by atoms with Gasteiger partial charge in [0.05, 0.1) is 30.3 Å². The van der Waals surface area contributed by atoms with Gasteiger partial charge in [-0.3, -0.25) is 9.88 Å². The Balaban J connectivity index is 1.43.